The van der Waals surface area contributed by atoms with Crippen LogP contribution in [0, 0.1) is 0 Å². The molecule has 0 aromatic heterocycles. The average Bonchev–Trinajstić information content (AvgIpc) is 3.17. The molecule has 1 aliphatic heterocycles. The summed E-state index contributed by atoms with van der Waals surface area (Å²) in [7, 11) is 0. The second-order valence-corrected chi connectivity index (χ2v) is 7.09. The minimum absolute atomic E-state index is 0.298. The molecule has 3 N–H and O–H groups in total. The number of benzene rings is 2. The Kier molecular flexibility index (Phi) is 6.61. The Bertz CT molecular complexity index is 882. The van der Waals surface area contributed by atoms with Crippen molar-refractivity contribution in [1.82, 2.24) is 15.7 Å². The maximum Gasteiger partial charge on any atom is 0.268 e. The highest BCUT2D eigenvalue weighted by Gasteiger charge is 2.42. The van der Waals surface area contributed by atoms with Crippen molar-refractivity contribution in [3.8, 4) is 11.1 Å². The second kappa shape index (κ2) is 9.34. The summed E-state index contributed by atoms with van der Waals surface area (Å²) in [6.07, 6.45) is 2.99. The first kappa shape index (κ1) is 20.5. The summed E-state index contributed by atoms with van der Waals surface area (Å²) in [6, 6.07) is 13.8. The van der Waals surface area contributed by atoms with Crippen molar-refractivity contribution in [2.45, 2.75) is 38.3 Å². The number of rotatable bonds is 7. The van der Waals surface area contributed by atoms with Gasteiger partial charge in [0.1, 0.15) is 6.04 Å². The van der Waals surface area contributed by atoms with E-state index in [9.17, 15) is 14.4 Å². The van der Waals surface area contributed by atoms with Gasteiger partial charge in [0.15, 0.2) is 0 Å². The smallest absolute Gasteiger partial charge is 0.268 e. The Morgan fingerprint density at radius 3 is 2.55 bits per heavy atom. The highest BCUT2D eigenvalue weighted by Crippen LogP contribution is 2.28. The fourth-order valence-electron chi connectivity index (χ4n) is 3.89. The van der Waals surface area contributed by atoms with Crippen LogP contribution in [0.4, 0.5) is 0 Å². The molecular formula is C22H25N3O4. The normalized spacial score (nSPS) is 18.3. The lowest BCUT2D eigenvalue weighted by Gasteiger charge is -2.26. The third-order valence-electron chi connectivity index (χ3n) is 5.28. The molecule has 7 heteroatoms. The molecule has 2 aromatic rings. The Balaban J connectivity index is 1.93. The standard InChI is InChI=1S/C22H25N3O4/c1-2-5-15-8-10-16(11-9-15)17-6-3-4-7-18(17)22(28)25-13-12-19(23-14-26)20(25)21(27)24-29/h3-4,6-11,14,19-20,29H,2,5,12-13H2,1H3,(H,23,26)(H,24,27)/t19-,20-/m0/s1. The van der Waals surface area contributed by atoms with E-state index in [4.69, 9.17) is 5.21 Å². The quantitative estimate of drug-likeness (QED) is 0.380. The zero-order valence-electron chi connectivity index (χ0n) is 16.3. The van der Waals surface area contributed by atoms with E-state index in [0.29, 0.717) is 24.9 Å². The number of hydrogen-bond acceptors (Lipinski definition) is 4. The summed E-state index contributed by atoms with van der Waals surface area (Å²) in [4.78, 5) is 37.8. The lowest BCUT2D eigenvalue weighted by Crippen LogP contribution is -2.53. The second-order valence-electron chi connectivity index (χ2n) is 7.09. The first-order valence-corrected chi connectivity index (χ1v) is 9.73. The fourth-order valence-corrected chi connectivity index (χ4v) is 3.89. The molecule has 1 heterocycles. The molecule has 7 nitrogen and oxygen atoms in total. The summed E-state index contributed by atoms with van der Waals surface area (Å²) < 4.78 is 0. The van der Waals surface area contributed by atoms with Gasteiger partial charge in [-0.05, 0) is 35.6 Å². The van der Waals surface area contributed by atoms with E-state index in [-0.39, 0.29) is 5.91 Å². The third-order valence-corrected chi connectivity index (χ3v) is 5.28. The molecule has 1 aliphatic rings. The molecule has 0 spiro atoms. The number of aryl methyl sites for hydroxylation is 1. The largest absolute Gasteiger partial charge is 0.353 e. The van der Waals surface area contributed by atoms with Crippen molar-refractivity contribution in [3.63, 3.8) is 0 Å². The van der Waals surface area contributed by atoms with Crippen molar-refractivity contribution in [1.29, 1.82) is 0 Å². The van der Waals surface area contributed by atoms with Gasteiger partial charge >= 0.3 is 0 Å². The first-order chi connectivity index (χ1) is 14.1. The molecule has 3 rings (SSSR count). The van der Waals surface area contributed by atoms with E-state index in [2.05, 4.69) is 24.4 Å². The maximum absolute atomic E-state index is 13.3. The number of amides is 3. The molecule has 1 fully saturated rings. The Labute approximate surface area is 169 Å². The van der Waals surface area contributed by atoms with Gasteiger partial charge in [0, 0.05) is 12.1 Å². The van der Waals surface area contributed by atoms with Gasteiger partial charge in [-0.25, -0.2) is 5.48 Å². The van der Waals surface area contributed by atoms with E-state index in [0.717, 1.165) is 24.0 Å². The van der Waals surface area contributed by atoms with Crippen LogP contribution in [-0.2, 0) is 16.0 Å². The average molecular weight is 395 g/mol. The molecule has 2 aromatic carbocycles. The fraction of sp³-hybridized carbons (Fsp3) is 0.318. The Morgan fingerprint density at radius 2 is 1.90 bits per heavy atom. The van der Waals surface area contributed by atoms with E-state index < -0.39 is 18.0 Å². The Hall–Kier alpha value is -3.19. The number of hydrogen-bond donors (Lipinski definition) is 3. The molecule has 3 amide bonds. The molecule has 0 saturated carbocycles. The van der Waals surface area contributed by atoms with Crippen LogP contribution in [0.2, 0.25) is 0 Å². The lowest BCUT2D eigenvalue weighted by atomic mass is 9.97. The highest BCUT2D eigenvalue weighted by molar-refractivity contribution is 6.03. The van der Waals surface area contributed by atoms with Crippen molar-refractivity contribution >= 4 is 18.2 Å². The van der Waals surface area contributed by atoms with Gasteiger partial charge in [-0.15, -0.1) is 0 Å². The van der Waals surface area contributed by atoms with Crippen LogP contribution in [0.5, 0.6) is 0 Å². The number of carbonyl (C=O) groups excluding carboxylic acids is 3. The summed E-state index contributed by atoms with van der Waals surface area (Å²) in [5.74, 6) is -1.04. The highest BCUT2D eigenvalue weighted by atomic mass is 16.5. The van der Waals surface area contributed by atoms with Crippen LogP contribution in [0.1, 0.15) is 35.7 Å². The van der Waals surface area contributed by atoms with Gasteiger partial charge < -0.3 is 10.2 Å². The van der Waals surface area contributed by atoms with Crippen LogP contribution < -0.4 is 10.8 Å². The number of nitrogens with one attached hydrogen (secondary N) is 2. The molecule has 152 valence electrons. The van der Waals surface area contributed by atoms with Crippen LogP contribution in [0.25, 0.3) is 11.1 Å². The van der Waals surface area contributed by atoms with Crippen LogP contribution >= 0.6 is 0 Å². The number of likely N-dealkylation sites (tertiary alicyclic amines) is 1. The van der Waals surface area contributed by atoms with Gasteiger partial charge in [-0.2, -0.15) is 0 Å². The molecule has 2 atom stereocenters. The predicted molar refractivity (Wildman–Crippen MR) is 108 cm³/mol. The van der Waals surface area contributed by atoms with Gasteiger partial charge in [-0.3, -0.25) is 19.6 Å². The number of nitrogens with zero attached hydrogens (tertiary/aromatic N) is 1. The van der Waals surface area contributed by atoms with E-state index >= 15 is 0 Å². The summed E-state index contributed by atoms with van der Waals surface area (Å²) in [5, 5.41) is 11.7. The van der Waals surface area contributed by atoms with Crippen LogP contribution in [-0.4, -0.2) is 47.0 Å². The van der Waals surface area contributed by atoms with Gasteiger partial charge in [-0.1, -0.05) is 55.8 Å². The minimum atomic E-state index is -0.974. The molecular weight excluding hydrogens is 370 g/mol. The van der Waals surface area contributed by atoms with E-state index in [1.807, 2.05) is 24.3 Å². The van der Waals surface area contributed by atoms with Crippen molar-refractivity contribution in [2.75, 3.05) is 6.54 Å². The topological polar surface area (TPSA) is 98.7 Å². The number of hydroxylamine groups is 1. The van der Waals surface area contributed by atoms with Gasteiger partial charge in [0.25, 0.3) is 11.8 Å². The van der Waals surface area contributed by atoms with Gasteiger partial charge in [0.2, 0.25) is 6.41 Å². The van der Waals surface area contributed by atoms with Crippen molar-refractivity contribution in [2.24, 2.45) is 0 Å². The van der Waals surface area contributed by atoms with E-state index in [1.54, 1.807) is 17.6 Å². The molecule has 1 saturated heterocycles. The van der Waals surface area contributed by atoms with Crippen LogP contribution in [0.3, 0.4) is 0 Å². The molecule has 0 unspecified atom stereocenters. The summed E-state index contributed by atoms with van der Waals surface area (Å²) in [5.41, 5.74) is 5.01. The lowest BCUT2D eigenvalue weighted by molar-refractivity contribution is -0.133. The minimum Gasteiger partial charge on any atom is -0.353 e. The zero-order chi connectivity index (χ0) is 20.8. The predicted octanol–water partition coefficient (Wildman–Crippen LogP) is 2.14. The molecule has 29 heavy (non-hydrogen) atoms. The zero-order valence-corrected chi connectivity index (χ0v) is 16.3. The summed E-state index contributed by atoms with van der Waals surface area (Å²) in [6.45, 7) is 2.43. The van der Waals surface area contributed by atoms with E-state index in [1.165, 1.54) is 10.5 Å². The monoisotopic (exact) mass is 395 g/mol. The summed E-state index contributed by atoms with van der Waals surface area (Å²) >= 11 is 0. The Morgan fingerprint density at radius 1 is 1.17 bits per heavy atom. The molecule has 0 aliphatic carbocycles. The van der Waals surface area contributed by atoms with Gasteiger partial charge in [0.05, 0.1) is 6.04 Å². The van der Waals surface area contributed by atoms with Crippen molar-refractivity contribution in [3.05, 3.63) is 59.7 Å². The van der Waals surface area contributed by atoms with Crippen molar-refractivity contribution < 1.29 is 19.6 Å². The number of carbonyl (C=O) groups is 3. The molecule has 0 bridgehead atoms. The van der Waals surface area contributed by atoms with Crippen LogP contribution in [0.15, 0.2) is 48.5 Å². The molecule has 0 radical (unpaired) electrons. The maximum atomic E-state index is 13.3. The third kappa shape index (κ3) is 4.30. The first-order valence-electron chi connectivity index (χ1n) is 9.73. The SMILES string of the molecule is CCCc1ccc(-c2ccccc2C(=O)N2CC[C@H](NC=O)[C@H]2C(=O)NO)cc1.